The van der Waals surface area contributed by atoms with Gasteiger partial charge in [0.1, 0.15) is 11.6 Å². The topological polar surface area (TPSA) is 117 Å². The average Bonchev–Trinajstić information content (AvgIpc) is 3.51. The molecule has 0 saturated heterocycles. The highest BCUT2D eigenvalue weighted by Crippen LogP contribution is 2.47. The van der Waals surface area contributed by atoms with E-state index in [4.69, 9.17) is 5.14 Å². The Balaban J connectivity index is 1.94. The van der Waals surface area contributed by atoms with Crippen molar-refractivity contribution >= 4 is 15.1 Å². The molecule has 0 amide bonds. The van der Waals surface area contributed by atoms with E-state index in [0.717, 1.165) is 25.2 Å². The number of benzene rings is 2. The van der Waals surface area contributed by atoms with Gasteiger partial charge >= 0.3 is 6.61 Å². The van der Waals surface area contributed by atoms with Crippen LogP contribution in [0.5, 0.6) is 5.75 Å². The van der Waals surface area contributed by atoms with Crippen molar-refractivity contribution < 1.29 is 32.3 Å². The molecule has 0 aromatic heterocycles. The van der Waals surface area contributed by atoms with Crippen LogP contribution in [0.25, 0.3) is 0 Å². The minimum absolute atomic E-state index is 0.0174. The number of rotatable bonds is 10. The molecule has 7 nitrogen and oxygen atoms in total. The van der Waals surface area contributed by atoms with Gasteiger partial charge in [-0.1, -0.05) is 19.9 Å². The molecule has 0 aliphatic heterocycles. The zero-order valence-electron chi connectivity index (χ0n) is 20.4. The van der Waals surface area contributed by atoms with Crippen LogP contribution < -0.4 is 19.9 Å². The lowest BCUT2D eigenvalue weighted by atomic mass is 9.95. The molecule has 6 N–H and O–H groups in total. The molecule has 1 aliphatic carbocycles. The van der Waals surface area contributed by atoms with Crippen LogP contribution in [0.1, 0.15) is 69.1 Å². The standard InChI is InChI=1S/C24H34F3N3O4S/c1-13(2)17-11-16(34-22(26)27)12-18(14-6-7-14)21(17)29-23(31)30-35(5,28,33)20-9-8-15(10-19(20)25)24(3,4)32/h8-14,22-23,29,31-32H,6-7H2,1-5H3,(H3,28,30,33). The number of nitrogens with two attached hydrogens (primary N) is 1. The second-order valence-corrected chi connectivity index (χ2v) is 13.6. The van der Waals surface area contributed by atoms with E-state index in [1.54, 1.807) is 0 Å². The zero-order valence-corrected chi connectivity index (χ0v) is 21.3. The lowest BCUT2D eigenvalue weighted by Crippen LogP contribution is -2.60. The van der Waals surface area contributed by atoms with Crippen molar-refractivity contribution in [2.24, 2.45) is 5.14 Å². The van der Waals surface area contributed by atoms with Gasteiger partial charge < -0.3 is 20.3 Å². The minimum atomic E-state index is -4.62. The molecule has 2 aromatic carbocycles. The van der Waals surface area contributed by atoms with Crippen LogP contribution in [0.3, 0.4) is 0 Å². The van der Waals surface area contributed by atoms with Crippen molar-refractivity contribution in [1.29, 1.82) is 0 Å². The Labute approximate surface area is 203 Å². The van der Waals surface area contributed by atoms with E-state index in [2.05, 4.69) is 14.8 Å². The molecular weight excluding hydrogens is 483 g/mol. The number of hydrogen-bond acceptors (Lipinski definition) is 5. The second kappa shape index (κ2) is 9.36. The Morgan fingerprint density at radius 2 is 1.83 bits per heavy atom. The fourth-order valence-corrected chi connectivity index (χ4v) is 5.66. The monoisotopic (exact) mass is 517 g/mol. The summed E-state index contributed by atoms with van der Waals surface area (Å²) in [5.74, 6) is -0.921. The maximum atomic E-state index is 14.9. The average molecular weight is 518 g/mol. The van der Waals surface area contributed by atoms with E-state index in [9.17, 15) is 27.6 Å². The summed E-state index contributed by atoms with van der Waals surface area (Å²) in [4.78, 5) is -0.358. The van der Waals surface area contributed by atoms with Crippen LogP contribution in [0, 0.1) is 5.82 Å². The Bertz CT molecular complexity index is 1130. The van der Waals surface area contributed by atoms with Crippen LogP contribution in [-0.2, 0) is 15.0 Å². The predicted molar refractivity (Wildman–Crippen MR) is 130 cm³/mol. The van der Waals surface area contributed by atoms with Gasteiger partial charge in [-0.05, 0) is 79.5 Å². The van der Waals surface area contributed by atoms with Crippen LogP contribution in [0.4, 0.5) is 18.9 Å². The fourth-order valence-electron chi connectivity index (χ4n) is 3.97. The summed E-state index contributed by atoms with van der Waals surface area (Å²) in [7, 11) is -4.62. The van der Waals surface area contributed by atoms with Crippen LogP contribution in [-0.4, -0.2) is 33.6 Å². The SMILES string of the molecule is CC(C)c1cc(OC(F)F)cc(C2CC2)c1NC(O)NS(C)(N)(=O)c1ccc(C(C)(C)O)cc1F. The molecule has 3 rings (SSSR count). The number of anilines is 1. The maximum Gasteiger partial charge on any atom is 0.387 e. The van der Waals surface area contributed by atoms with Crippen molar-refractivity contribution in [1.82, 2.24) is 4.72 Å². The Kier molecular flexibility index (Phi) is 7.33. The minimum Gasteiger partial charge on any atom is -0.435 e. The van der Waals surface area contributed by atoms with Crippen molar-refractivity contribution in [2.75, 3.05) is 11.6 Å². The lowest BCUT2D eigenvalue weighted by Gasteiger charge is -2.38. The van der Waals surface area contributed by atoms with Gasteiger partial charge in [0, 0.05) is 21.4 Å². The number of aliphatic hydroxyl groups excluding tert-OH is 1. The van der Waals surface area contributed by atoms with E-state index >= 15 is 0 Å². The smallest absolute Gasteiger partial charge is 0.387 e. The molecule has 35 heavy (non-hydrogen) atoms. The van der Waals surface area contributed by atoms with Gasteiger partial charge in [0.15, 0.2) is 6.35 Å². The van der Waals surface area contributed by atoms with Crippen molar-refractivity contribution in [3.05, 3.63) is 52.8 Å². The van der Waals surface area contributed by atoms with Gasteiger partial charge in [-0.15, -0.1) is 0 Å². The summed E-state index contributed by atoms with van der Waals surface area (Å²) < 4.78 is 61.3. The van der Waals surface area contributed by atoms with E-state index in [0.29, 0.717) is 16.8 Å². The van der Waals surface area contributed by atoms with Gasteiger partial charge in [0.05, 0.1) is 10.5 Å². The first-order valence-corrected chi connectivity index (χ1v) is 13.7. The van der Waals surface area contributed by atoms with Gasteiger partial charge in [0.25, 0.3) is 0 Å². The molecule has 1 fully saturated rings. The maximum absolute atomic E-state index is 14.9. The number of nitrogens with one attached hydrogen (secondary N) is 2. The molecule has 11 heteroatoms. The zero-order chi connectivity index (χ0) is 26.4. The third-order valence-electron chi connectivity index (χ3n) is 5.91. The summed E-state index contributed by atoms with van der Waals surface area (Å²) in [6.45, 7) is 3.71. The number of halogens is 3. The second-order valence-electron chi connectivity index (χ2n) is 10.1. The van der Waals surface area contributed by atoms with Crippen LogP contribution in [0.2, 0.25) is 0 Å². The van der Waals surface area contributed by atoms with E-state index < -0.39 is 33.8 Å². The predicted octanol–water partition coefficient (Wildman–Crippen LogP) is 4.23. The summed E-state index contributed by atoms with van der Waals surface area (Å²) in [6, 6.07) is 6.64. The molecule has 0 heterocycles. The van der Waals surface area contributed by atoms with Crippen molar-refractivity contribution in [3.8, 4) is 5.75 Å². The first-order chi connectivity index (χ1) is 16.0. The fraction of sp³-hybridized carbons (Fsp3) is 0.500. The highest BCUT2D eigenvalue weighted by molar-refractivity contribution is 8.15. The molecule has 2 aromatic rings. The Morgan fingerprint density at radius 1 is 1.20 bits per heavy atom. The van der Waals surface area contributed by atoms with Crippen LogP contribution >= 0.6 is 0 Å². The van der Waals surface area contributed by atoms with Gasteiger partial charge in [-0.2, -0.15) is 13.5 Å². The van der Waals surface area contributed by atoms with E-state index in [1.165, 1.54) is 38.1 Å². The molecule has 0 bridgehead atoms. The molecule has 1 aliphatic rings. The number of alkyl halides is 2. The summed E-state index contributed by atoms with van der Waals surface area (Å²) >= 11 is 0. The lowest BCUT2D eigenvalue weighted by molar-refractivity contribution is -0.0499. The normalized spacial score (nSPS) is 16.8. The largest absolute Gasteiger partial charge is 0.435 e. The summed E-state index contributed by atoms with van der Waals surface area (Å²) in [5.41, 5.74) is 0.737. The van der Waals surface area contributed by atoms with Crippen molar-refractivity contribution in [2.45, 2.75) is 75.8 Å². The summed E-state index contributed by atoms with van der Waals surface area (Å²) in [5, 5.41) is 29.9. The summed E-state index contributed by atoms with van der Waals surface area (Å²) in [6.07, 6.45) is 1.11. The quantitative estimate of drug-likeness (QED) is 0.303. The van der Waals surface area contributed by atoms with Gasteiger partial charge in [0.2, 0.25) is 0 Å². The molecule has 1 saturated carbocycles. The van der Waals surface area contributed by atoms with Gasteiger partial charge in [-0.25, -0.2) is 8.60 Å². The first kappa shape index (κ1) is 27.4. The Hall–Kier alpha value is -2.18. The molecule has 1 atom stereocenters. The molecule has 0 spiro atoms. The van der Waals surface area contributed by atoms with Crippen molar-refractivity contribution in [3.63, 3.8) is 0 Å². The van der Waals surface area contributed by atoms with E-state index in [1.807, 2.05) is 13.8 Å². The number of ether oxygens (including phenoxy) is 1. The van der Waals surface area contributed by atoms with Gasteiger partial charge in [-0.3, -0.25) is 5.14 Å². The molecule has 1 unspecified atom stereocenters. The van der Waals surface area contributed by atoms with Crippen LogP contribution in [0.15, 0.2) is 35.2 Å². The third kappa shape index (κ3) is 6.53. The molecule has 0 radical (unpaired) electrons. The highest BCUT2D eigenvalue weighted by Gasteiger charge is 2.36. The third-order valence-corrected chi connectivity index (χ3v) is 8.14. The molecular formula is C24H34F3N3O4S. The molecule has 196 valence electrons. The van der Waals surface area contributed by atoms with E-state index in [-0.39, 0.29) is 28.0 Å². The highest BCUT2D eigenvalue weighted by atomic mass is 32.3. The number of hydrogen-bond donors (Lipinski definition) is 5. The first-order valence-electron chi connectivity index (χ1n) is 11.3. The number of aliphatic hydroxyl groups is 2. The Morgan fingerprint density at radius 3 is 2.31 bits per heavy atom.